The summed E-state index contributed by atoms with van der Waals surface area (Å²) in [7, 11) is 1.76. The van der Waals surface area contributed by atoms with Crippen LogP contribution in [0.3, 0.4) is 0 Å². The number of halogens is 1. The zero-order valence-electron chi connectivity index (χ0n) is 10.6. The second-order valence-corrected chi connectivity index (χ2v) is 5.58. The highest BCUT2D eigenvalue weighted by molar-refractivity contribution is 9.10. The fourth-order valence-corrected chi connectivity index (χ4v) is 3.02. The number of piperidine rings is 1. The van der Waals surface area contributed by atoms with Crippen LogP contribution in [0.5, 0.6) is 5.75 Å². The Morgan fingerprint density at radius 1 is 1.35 bits per heavy atom. The third kappa shape index (κ3) is 3.02. The zero-order valence-corrected chi connectivity index (χ0v) is 12.1. The van der Waals surface area contributed by atoms with E-state index in [0.29, 0.717) is 0 Å². The number of ether oxygens (including phenoxy) is 1. The lowest BCUT2D eigenvalue weighted by Gasteiger charge is -2.23. The Balaban J connectivity index is 2.17. The highest BCUT2D eigenvalue weighted by Crippen LogP contribution is 2.34. The highest BCUT2D eigenvalue weighted by atomic mass is 79.9. The van der Waals surface area contributed by atoms with Gasteiger partial charge in [-0.25, -0.2) is 0 Å². The largest absolute Gasteiger partial charge is 0.495 e. The molecule has 1 saturated heterocycles. The van der Waals surface area contributed by atoms with E-state index in [-0.39, 0.29) is 0 Å². The minimum absolute atomic E-state index is 0.791. The molecular formula is C14H20BrNO. The molecule has 94 valence electrons. The summed E-state index contributed by atoms with van der Waals surface area (Å²) in [6, 6.07) is 4.38. The molecule has 1 heterocycles. The molecule has 0 saturated carbocycles. The number of methoxy groups -OCH3 is 1. The summed E-state index contributed by atoms with van der Waals surface area (Å²) in [6.07, 6.45) is 3.67. The van der Waals surface area contributed by atoms with Crippen molar-refractivity contribution in [2.75, 3.05) is 20.2 Å². The highest BCUT2D eigenvalue weighted by Gasteiger charge is 2.17. The van der Waals surface area contributed by atoms with Crippen molar-refractivity contribution in [2.24, 2.45) is 5.92 Å². The summed E-state index contributed by atoms with van der Waals surface area (Å²) >= 11 is 3.62. The number of hydrogen-bond acceptors (Lipinski definition) is 2. The number of hydrogen-bond donors (Lipinski definition) is 1. The van der Waals surface area contributed by atoms with E-state index in [0.717, 1.165) is 35.7 Å². The first kappa shape index (κ1) is 12.9. The molecule has 1 N–H and O–H groups in total. The van der Waals surface area contributed by atoms with Crippen molar-refractivity contribution in [3.05, 3.63) is 27.7 Å². The van der Waals surface area contributed by atoms with Gasteiger partial charge in [-0.05, 0) is 72.3 Å². The van der Waals surface area contributed by atoms with E-state index in [9.17, 15) is 0 Å². The van der Waals surface area contributed by atoms with Crippen LogP contribution in [0.25, 0.3) is 0 Å². The van der Waals surface area contributed by atoms with Gasteiger partial charge in [0.15, 0.2) is 0 Å². The molecule has 2 nitrogen and oxygen atoms in total. The standard InChI is InChI=1S/C14H20BrNO/c1-10-3-4-12(14(17-2)13(10)15)9-11-5-7-16-8-6-11/h3-4,11,16H,5-9H2,1-2H3. The maximum absolute atomic E-state index is 5.54. The first-order chi connectivity index (χ1) is 8.22. The molecule has 0 radical (unpaired) electrons. The summed E-state index contributed by atoms with van der Waals surface area (Å²) in [5.74, 6) is 1.81. The molecule has 1 fully saturated rings. The summed E-state index contributed by atoms with van der Waals surface area (Å²) in [4.78, 5) is 0. The topological polar surface area (TPSA) is 21.3 Å². The Kier molecular flexibility index (Phi) is 4.46. The summed E-state index contributed by atoms with van der Waals surface area (Å²) < 4.78 is 6.64. The summed E-state index contributed by atoms with van der Waals surface area (Å²) in [5.41, 5.74) is 2.56. The van der Waals surface area contributed by atoms with Crippen LogP contribution in [0.15, 0.2) is 16.6 Å². The van der Waals surface area contributed by atoms with E-state index < -0.39 is 0 Å². The molecule has 0 amide bonds. The molecule has 1 aliphatic heterocycles. The van der Waals surface area contributed by atoms with Crippen molar-refractivity contribution in [1.82, 2.24) is 5.32 Å². The third-order valence-electron chi connectivity index (χ3n) is 3.54. The molecule has 1 aromatic carbocycles. The monoisotopic (exact) mass is 297 g/mol. The van der Waals surface area contributed by atoms with Crippen LogP contribution in [0.2, 0.25) is 0 Å². The Morgan fingerprint density at radius 3 is 2.71 bits per heavy atom. The van der Waals surface area contributed by atoms with Crippen LogP contribution in [-0.2, 0) is 6.42 Å². The lowest BCUT2D eigenvalue weighted by molar-refractivity contribution is 0.360. The Labute approximate surface area is 112 Å². The zero-order chi connectivity index (χ0) is 12.3. The van der Waals surface area contributed by atoms with Gasteiger partial charge in [-0.2, -0.15) is 0 Å². The van der Waals surface area contributed by atoms with E-state index in [1.165, 1.54) is 24.0 Å². The lowest BCUT2D eigenvalue weighted by atomic mass is 9.90. The fourth-order valence-electron chi connectivity index (χ4n) is 2.47. The number of aryl methyl sites for hydroxylation is 1. The van der Waals surface area contributed by atoms with E-state index in [2.05, 4.69) is 40.3 Å². The van der Waals surface area contributed by atoms with Crippen LogP contribution in [0, 0.1) is 12.8 Å². The number of nitrogens with one attached hydrogen (secondary N) is 1. The van der Waals surface area contributed by atoms with Crippen molar-refractivity contribution < 1.29 is 4.74 Å². The quantitative estimate of drug-likeness (QED) is 0.924. The van der Waals surface area contributed by atoms with Gasteiger partial charge in [-0.3, -0.25) is 0 Å². The summed E-state index contributed by atoms with van der Waals surface area (Å²) in [5, 5.41) is 3.41. The number of benzene rings is 1. The maximum Gasteiger partial charge on any atom is 0.136 e. The average molecular weight is 298 g/mol. The summed E-state index contributed by atoms with van der Waals surface area (Å²) in [6.45, 7) is 4.40. The van der Waals surface area contributed by atoms with Gasteiger partial charge in [0.05, 0.1) is 11.6 Å². The molecule has 2 rings (SSSR count). The lowest BCUT2D eigenvalue weighted by Crippen LogP contribution is -2.28. The van der Waals surface area contributed by atoms with E-state index in [4.69, 9.17) is 4.74 Å². The third-order valence-corrected chi connectivity index (χ3v) is 4.53. The molecule has 0 bridgehead atoms. The van der Waals surface area contributed by atoms with Gasteiger partial charge in [0, 0.05) is 0 Å². The van der Waals surface area contributed by atoms with Crippen molar-refractivity contribution in [2.45, 2.75) is 26.2 Å². The van der Waals surface area contributed by atoms with Crippen molar-refractivity contribution in [3.63, 3.8) is 0 Å². The van der Waals surface area contributed by atoms with Crippen LogP contribution in [-0.4, -0.2) is 20.2 Å². The second-order valence-electron chi connectivity index (χ2n) is 4.79. The molecular weight excluding hydrogens is 278 g/mol. The van der Waals surface area contributed by atoms with E-state index in [1.807, 2.05) is 0 Å². The molecule has 1 aliphatic rings. The molecule has 3 heteroatoms. The Morgan fingerprint density at radius 2 is 2.06 bits per heavy atom. The van der Waals surface area contributed by atoms with Gasteiger partial charge in [0.2, 0.25) is 0 Å². The smallest absolute Gasteiger partial charge is 0.136 e. The van der Waals surface area contributed by atoms with E-state index in [1.54, 1.807) is 7.11 Å². The van der Waals surface area contributed by atoms with Crippen LogP contribution < -0.4 is 10.1 Å². The molecule has 0 atom stereocenters. The minimum atomic E-state index is 0.791. The predicted molar refractivity (Wildman–Crippen MR) is 74.7 cm³/mol. The SMILES string of the molecule is COc1c(CC2CCNCC2)ccc(C)c1Br. The van der Waals surface area contributed by atoms with Gasteiger partial charge < -0.3 is 10.1 Å². The Bertz CT molecular complexity index is 386. The predicted octanol–water partition coefficient (Wildman–Crippen LogP) is 3.31. The van der Waals surface area contributed by atoms with Gasteiger partial charge in [0.1, 0.15) is 5.75 Å². The normalized spacial score (nSPS) is 17.1. The average Bonchev–Trinajstić information content (AvgIpc) is 2.36. The van der Waals surface area contributed by atoms with Gasteiger partial charge >= 0.3 is 0 Å². The second kappa shape index (κ2) is 5.87. The van der Waals surface area contributed by atoms with Crippen molar-refractivity contribution >= 4 is 15.9 Å². The minimum Gasteiger partial charge on any atom is -0.495 e. The van der Waals surface area contributed by atoms with Crippen LogP contribution in [0.4, 0.5) is 0 Å². The molecule has 1 aromatic rings. The van der Waals surface area contributed by atoms with Gasteiger partial charge in [-0.15, -0.1) is 0 Å². The Hall–Kier alpha value is -0.540. The molecule has 0 aromatic heterocycles. The molecule has 0 aliphatic carbocycles. The van der Waals surface area contributed by atoms with E-state index >= 15 is 0 Å². The molecule has 17 heavy (non-hydrogen) atoms. The van der Waals surface area contributed by atoms with Gasteiger partial charge in [-0.1, -0.05) is 12.1 Å². The molecule has 0 spiro atoms. The first-order valence-electron chi connectivity index (χ1n) is 6.25. The van der Waals surface area contributed by atoms with Crippen LogP contribution in [0.1, 0.15) is 24.0 Å². The maximum atomic E-state index is 5.54. The van der Waals surface area contributed by atoms with Crippen LogP contribution >= 0.6 is 15.9 Å². The van der Waals surface area contributed by atoms with Crippen molar-refractivity contribution in [3.8, 4) is 5.75 Å². The first-order valence-corrected chi connectivity index (χ1v) is 7.04. The molecule has 0 unspecified atom stereocenters. The number of rotatable bonds is 3. The fraction of sp³-hybridized carbons (Fsp3) is 0.571. The van der Waals surface area contributed by atoms with Gasteiger partial charge in [0.25, 0.3) is 0 Å². The van der Waals surface area contributed by atoms with Crippen molar-refractivity contribution in [1.29, 1.82) is 0 Å².